The number of hydrogen-bond donors (Lipinski definition) is 2. The van der Waals surface area contributed by atoms with Gasteiger partial charge in [-0.15, -0.1) is 0 Å². The van der Waals surface area contributed by atoms with Crippen LogP contribution in [-0.4, -0.2) is 49.8 Å². The standard InChI is InChI=1S/C21H28FN5O/c1-3-23-21(25-12-14-28-19-9-5-4-7-16(19)2)26-17-10-13-27(15-17)20-18(22)8-6-11-24-20/h4-9,11,17H,3,10,12-15H2,1-2H3,(H2,23,25,26). The molecule has 1 aliphatic rings. The smallest absolute Gasteiger partial charge is 0.191 e. The molecule has 0 radical (unpaired) electrons. The molecule has 0 bridgehead atoms. The second kappa shape index (κ2) is 9.92. The van der Waals surface area contributed by atoms with E-state index in [1.54, 1.807) is 12.3 Å². The van der Waals surface area contributed by atoms with Crippen LogP contribution >= 0.6 is 0 Å². The average molecular weight is 385 g/mol. The molecule has 0 aliphatic carbocycles. The molecule has 2 N–H and O–H groups in total. The minimum absolute atomic E-state index is 0.191. The number of nitrogens with one attached hydrogen (secondary N) is 2. The lowest BCUT2D eigenvalue weighted by Gasteiger charge is -2.20. The second-order valence-electron chi connectivity index (χ2n) is 6.76. The molecule has 2 heterocycles. The van der Waals surface area contributed by atoms with Crippen LogP contribution in [0.25, 0.3) is 0 Å². The Kier molecular flexibility index (Phi) is 7.06. The van der Waals surface area contributed by atoms with Crippen molar-refractivity contribution in [3.63, 3.8) is 0 Å². The van der Waals surface area contributed by atoms with Crippen molar-refractivity contribution in [2.45, 2.75) is 26.3 Å². The number of pyridine rings is 1. The minimum atomic E-state index is -0.280. The van der Waals surface area contributed by atoms with Gasteiger partial charge in [0.05, 0.1) is 6.54 Å². The number of aliphatic imine (C=N–C) groups is 1. The molecule has 1 aromatic carbocycles. The first-order valence-electron chi connectivity index (χ1n) is 9.76. The van der Waals surface area contributed by atoms with Crippen molar-refractivity contribution in [1.82, 2.24) is 15.6 Å². The van der Waals surface area contributed by atoms with E-state index in [1.165, 1.54) is 6.07 Å². The number of ether oxygens (including phenoxy) is 1. The highest BCUT2D eigenvalue weighted by atomic mass is 19.1. The van der Waals surface area contributed by atoms with Crippen molar-refractivity contribution >= 4 is 11.8 Å². The van der Waals surface area contributed by atoms with E-state index in [9.17, 15) is 4.39 Å². The molecular formula is C21H28FN5O. The average Bonchev–Trinajstić information content (AvgIpc) is 3.15. The third kappa shape index (κ3) is 5.34. The maximum absolute atomic E-state index is 14.0. The molecule has 150 valence electrons. The van der Waals surface area contributed by atoms with Gasteiger partial charge in [0.15, 0.2) is 17.6 Å². The number of benzene rings is 1. The zero-order valence-corrected chi connectivity index (χ0v) is 16.5. The molecule has 1 atom stereocenters. The maximum atomic E-state index is 14.0. The molecule has 1 unspecified atom stereocenters. The summed E-state index contributed by atoms with van der Waals surface area (Å²) in [7, 11) is 0. The van der Waals surface area contributed by atoms with Gasteiger partial charge >= 0.3 is 0 Å². The van der Waals surface area contributed by atoms with Crippen LogP contribution in [0.15, 0.2) is 47.6 Å². The van der Waals surface area contributed by atoms with E-state index in [1.807, 2.05) is 43.0 Å². The zero-order chi connectivity index (χ0) is 19.8. The van der Waals surface area contributed by atoms with Gasteiger partial charge in [-0.25, -0.2) is 14.4 Å². The van der Waals surface area contributed by atoms with Gasteiger partial charge in [0.2, 0.25) is 0 Å². The second-order valence-corrected chi connectivity index (χ2v) is 6.76. The summed E-state index contributed by atoms with van der Waals surface area (Å²) in [5.74, 6) is 1.78. The maximum Gasteiger partial charge on any atom is 0.191 e. The molecule has 1 aromatic heterocycles. The van der Waals surface area contributed by atoms with Gasteiger partial charge in [-0.2, -0.15) is 0 Å². The van der Waals surface area contributed by atoms with Crippen LogP contribution in [0, 0.1) is 12.7 Å². The lowest BCUT2D eigenvalue weighted by atomic mass is 10.2. The van der Waals surface area contributed by atoms with Gasteiger partial charge in [0.25, 0.3) is 0 Å². The summed E-state index contributed by atoms with van der Waals surface area (Å²) >= 11 is 0. The van der Waals surface area contributed by atoms with Crippen molar-refractivity contribution in [1.29, 1.82) is 0 Å². The van der Waals surface area contributed by atoms with E-state index < -0.39 is 0 Å². The number of hydrogen-bond acceptors (Lipinski definition) is 4. The molecule has 3 rings (SSSR count). The third-order valence-corrected chi connectivity index (χ3v) is 4.62. The molecule has 0 amide bonds. The Hall–Kier alpha value is -2.83. The fourth-order valence-electron chi connectivity index (χ4n) is 3.23. The quantitative estimate of drug-likeness (QED) is 0.436. The minimum Gasteiger partial charge on any atom is -0.491 e. The van der Waals surface area contributed by atoms with Crippen LogP contribution in [0.3, 0.4) is 0 Å². The van der Waals surface area contributed by atoms with Gasteiger partial charge in [0, 0.05) is 31.9 Å². The summed E-state index contributed by atoms with van der Waals surface area (Å²) in [5, 5.41) is 6.70. The molecule has 0 saturated carbocycles. The van der Waals surface area contributed by atoms with E-state index in [2.05, 4.69) is 20.6 Å². The summed E-state index contributed by atoms with van der Waals surface area (Å²) in [6.07, 6.45) is 2.53. The van der Waals surface area contributed by atoms with Crippen LogP contribution in [0.4, 0.5) is 10.2 Å². The topological polar surface area (TPSA) is 61.8 Å². The SMILES string of the molecule is CCNC(=NCCOc1ccccc1C)NC1CCN(c2ncccc2F)C1. The number of aromatic nitrogens is 1. The molecule has 0 spiro atoms. The summed E-state index contributed by atoms with van der Waals surface area (Å²) in [6, 6.07) is 11.2. The fourth-order valence-corrected chi connectivity index (χ4v) is 3.23. The Morgan fingerprint density at radius 2 is 2.18 bits per heavy atom. The molecule has 6 nitrogen and oxygen atoms in total. The van der Waals surface area contributed by atoms with E-state index in [0.29, 0.717) is 25.5 Å². The number of nitrogens with zero attached hydrogens (tertiary/aromatic N) is 3. The number of halogens is 1. The van der Waals surface area contributed by atoms with Crippen LogP contribution in [0.5, 0.6) is 5.75 Å². The highest BCUT2D eigenvalue weighted by Gasteiger charge is 2.25. The summed E-state index contributed by atoms with van der Waals surface area (Å²) < 4.78 is 19.8. The lowest BCUT2D eigenvalue weighted by Crippen LogP contribution is -2.45. The normalized spacial score (nSPS) is 16.9. The Bertz CT molecular complexity index is 798. The van der Waals surface area contributed by atoms with Gasteiger partial charge < -0.3 is 20.3 Å². The van der Waals surface area contributed by atoms with E-state index in [0.717, 1.165) is 36.8 Å². The van der Waals surface area contributed by atoms with Crippen LogP contribution in [0.1, 0.15) is 18.9 Å². The third-order valence-electron chi connectivity index (χ3n) is 4.62. The highest BCUT2D eigenvalue weighted by molar-refractivity contribution is 5.80. The predicted molar refractivity (Wildman–Crippen MR) is 111 cm³/mol. The van der Waals surface area contributed by atoms with Gasteiger partial charge in [-0.1, -0.05) is 18.2 Å². The van der Waals surface area contributed by atoms with Crippen LogP contribution in [-0.2, 0) is 0 Å². The molecule has 2 aromatic rings. The van der Waals surface area contributed by atoms with E-state index >= 15 is 0 Å². The van der Waals surface area contributed by atoms with Crippen molar-refractivity contribution in [3.05, 3.63) is 54.0 Å². The highest BCUT2D eigenvalue weighted by Crippen LogP contribution is 2.20. The number of guanidine groups is 1. The molecule has 1 fully saturated rings. The largest absolute Gasteiger partial charge is 0.491 e. The Morgan fingerprint density at radius 1 is 1.32 bits per heavy atom. The number of rotatable bonds is 7. The molecular weight excluding hydrogens is 357 g/mol. The molecule has 1 aliphatic heterocycles. The molecule has 28 heavy (non-hydrogen) atoms. The lowest BCUT2D eigenvalue weighted by molar-refractivity contribution is 0.326. The number of anilines is 1. The fraction of sp³-hybridized carbons (Fsp3) is 0.429. The van der Waals surface area contributed by atoms with Crippen LogP contribution < -0.4 is 20.3 Å². The first-order chi connectivity index (χ1) is 13.7. The number of aryl methyl sites for hydroxylation is 1. The monoisotopic (exact) mass is 385 g/mol. The first-order valence-corrected chi connectivity index (χ1v) is 9.76. The Labute approximate surface area is 165 Å². The van der Waals surface area contributed by atoms with Crippen molar-refractivity contribution < 1.29 is 9.13 Å². The summed E-state index contributed by atoms with van der Waals surface area (Å²) in [4.78, 5) is 10.7. The van der Waals surface area contributed by atoms with Gasteiger partial charge in [0.1, 0.15) is 12.4 Å². The van der Waals surface area contributed by atoms with E-state index in [-0.39, 0.29) is 11.9 Å². The predicted octanol–water partition coefficient (Wildman–Crippen LogP) is 2.74. The zero-order valence-electron chi connectivity index (χ0n) is 16.5. The summed E-state index contributed by atoms with van der Waals surface area (Å²) in [5.41, 5.74) is 1.12. The molecule has 1 saturated heterocycles. The van der Waals surface area contributed by atoms with E-state index in [4.69, 9.17) is 4.74 Å². The van der Waals surface area contributed by atoms with Crippen molar-refractivity contribution in [2.75, 3.05) is 37.7 Å². The van der Waals surface area contributed by atoms with Gasteiger partial charge in [-0.3, -0.25) is 0 Å². The number of para-hydroxylation sites is 1. The van der Waals surface area contributed by atoms with Gasteiger partial charge in [-0.05, 0) is 44.0 Å². The van der Waals surface area contributed by atoms with Crippen molar-refractivity contribution in [3.8, 4) is 5.75 Å². The Morgan fingerprint density at radius 3 is 2.96 bits per heavy atom. The first kappa shape index (κ1) is 19.9. The van der Waals surface area contributed by atoms with Crippen LogP contribution in [0.2, 0.25) is 0 Å². The molecule has 7 heteroatoms. The van der Waals surface area contributed by atoms with Crippen molar-refractivity contribution in [2.24, 2.45) is 4.99 Å². The summed E-state index contributed by atoms with van der Waals surface area (Å²) in [6.45, 7) is 7.35. The Balaban J connectivity index is 1.51.